The predicted molar refractivity (Wildman–Crippen MR) is 57.8 cm³/mol. The standard InChI is InChI=1S/C10H19F2NO3.H2/c1-7(2)13-9(14)16-6-10(11,12)5-15-8(3)4;/h7-8H,5-6H2,1-4H3,(H,13,14);1H. The van der Waals surface area contributed by atoms with Gasteiger partial charge < -0.3 is 14.8 Å². The molecule has 0 rings (SSSR count). The van der Waals surface area contributed by atoms with E-state index < -0.39 is 25.2 Å². The average Bonchev–Trinajstić information content (AvgIpc) is 2.11. The Morgan fingerprint density at radius 2 is 1.88 bits per heavy atom. The first-order valence-electron chi connectivity index (χ1n) is 5.15. The van der Waals surface area contributed by atoms with Crippen LogP contribution >= 0.6 is 0 Å². The van der Waals surface area contributed by atoms with E-state index in [4.69, 9.17) is 4.74 Å². The normalized spacial score (nSPS) is 12.0. The van der Waals surface area contributed by atoms with Gasteiger partial charge in [-0.1, -0.05) is 0 Å². The van der Waals surface area contributed by atoms with Gasteiger partial charge in [0.25, 0.3) is 0 Å². The third kappa shape index (κ3) is 8.40. The highest BCUT2D eigenvalue weighted by molar-refractivity contribution is 5.67. The van der Waals surface area contributed by atoms with Gasteiger partial charge in [0.1, 0.15) is 6.61 Å². The third-order valence-corrected chi connectivity index (χ3v) is 1.45. The molecule has 0 spiro atoms. The fraction of sp³-hybridized carbons (Fsp3) is 0.900. The molecule has 0 unspecified atom stereocenters. The second-order valence-corrected chi connectivity index (χ2v) is 4.09. The maximum absolute atomic E-state index is 13.1. The molecule has 0 aliphatic rings. The van der Waals surface area contributed by atoms with Crippen molar-refractivity contribution >= 4 is 6.09 Å². The molecule has 4 nitrogen and oxygen atoms in total. The maximum atomic E-state index is 13.1. The highest BCUT2D eigenvalue weighted by atomic mass is 19.3. The third-order valence-electron chi connectivity index (χ3n) is 1.45. The van der Waals surface area contributed by atoms with Crippen LogP contribution in [0.3, 0.4) is 0 Å². The first kappa shape index (κ1) is 15.1. The summed E-state index contributed by atoms with van der Waals surface area (Å²) in [6.07, 6.45) is -1.13. The van der Waals surface area contributed by atoms with Crippen molar-refractivity contribution in [3.63, 3.8) is 0 Å². The summed E-state index contributed by atoms with van der Waals surface area (Å²) in [5.74, 6) is -3.15. The number of carbonyl (C=O) groups excluding carboxylic acids is 1. The summed E-state index contributed by atoms with van der Waals surface area (Å²) in [6.45, 7) is 5.01. The highest BCUT2D eigenvalue weighted by Crippen LogP contribution is 2.15. The summed E-state index contributed by atoms with van der Waals surface area (Å²) in [5.41, 5.74) is 0. The Bertz CT molecular complexity index is 226. The fourth-order valence-corrected chi connectivity index (χ4v) is 0.779. The van der Waals surface area contributed by atoms with Gasteiger partial charge in [-0.3, -0.25) is 0 Å². The van der Waals surface area contributed by atoms with Gasteiger partial charge in [-0.2, -0.15) is 0 Å². The fourth-order valence-electron chi connectivity index (χ4n) is 0.779. The smallest absolute Gasteiger partial charge is 0.407 e. The Labute approximate surface area is 95.8 Å². The van der Waals surface area contributed by atoms with Crippen molar-refractivity contribution in [2.45, 2.75) is 45.8 Å². The predicted octanol–water partition coefficient (Wildman–Crippen LogP) is 2.43. The molecule has 98 valence electrons. The van der Waals surface area contributed by atoms with E-state index in [0.29, 0.717) is 0 Å². The van der Waals surface area contributed by atoms with Crippen molar-refractivity contribution < 1.29 is 24.5 Å². The average molecular weight is 241 g/mol. The first-order valence-corrected chi connectivity index (χ1v) is 5.15. The molecule has 0 aromatic rings. The van der Waals surface area contributed by atoms with Crippen LogP contribution in [0.5, 0.6) is 0 Å². The number of ether oxygens (including phenoxy) is 2. The van der Waals surface area contributed by atoms with Gasteiger partial charge in [0.05, 0.1) is 6.10 Å². The molecule has 0 saturated carbocycles. The van der Waals surface area contributed by atoms with Gasteiger partial charge in [0.15, 0.2) is 6.61 Å². The van der Waals surface area contributed by atoms with Crippen LogP contribution in [0.25, 0.3) is 0 Å². The van der Waals surface area contributed by atoms with Gasteiger partial charge in [-0.05, 0) is 27.7 Å². The summed E-state index contributed by atoms with van der Waals surface area (Å²) in [5, 5.41) is 2.34. The van der Waals surface area contributed by atoms with Crippen molar-refractivity contribution in [1.29, 1.82) is 0 Å². The molecule has 0 aliphatic heterocycles. The zero-order valence-corrected chi connectivity index (χ0v) is 10.0. The van der Waals surface area contributed by atoms with Gasteiger partial charge in [-0.15, -0.1) is 0 Å². The molecule has 0 aromatic carbocycles. The second-order valence-electron chi connectivity index (χ2n) is 4.09. The van der Waals surface area contributed by atoms with Crippen LogP contribution < -0.4 is 5.32 Å². The topological polar surface area (TPSA) is 47.6 Å². The van der Waals surface area contributed by atoms with E-state index in [-0.39, 0.29) is 13.6 Å². The summed E-state index contributed by atoms with van der Waals surface area (Å²) < 4.78 is 35.2. The SMILES string of the molecule is CC(C)NC(=O)OCC(F)(F)COC(C)C.[HH]. The number of amides is 1. The molecular formula is C10H21F2NO3. The lowest BCUT2D eigenvalue weighted by Crippen LogP contribution is -2.37. The highest BCUT2D eigenvalue weighted by Gasteiger charge is 2.31. The van der Waals surface area contributed by atoms with Crippen LogP contribution in [-0.2, 0) is 9.47 Å². The molecule has 0 aliphatic carbocycles. The van der Waals surface area contributed by atoms with Crippen molar-refractivity contribution in [2.75, 3.05) is 13.2 Å². The van der Waals surface area contributed by atoms with Crippen LogP contribution in [0, 0.1) is 0 Å². The minimum absolute atomic E-state index is 0. The van der Waals surface area contributed by atoms with Crippen LogP contribution in [0.1, 0.15) is 29.1 Å². The first-order chi connectivity index (χ1) is 7.23. The van der Waals surface area contributed by atoms with Crippen LogP contribution in [0.2, 0.25) is 0 Å². The number of halogens is 2. The molecule has 0 radical (unpaired) electrons. The Hall–Kier alpha value is -0.910. The molecule has 0 heterocycles. The Morgan fingerprint density at radius 1 is 1.31 bits per heavy atom. The monoisotopic (exact) mass is 241 g/mol. The van der Waals surface area contributed by atoms with Crippen molar-refractivity contribution in [3.05, 3.63) is 0 Å². The second kappa shape index (κ2) is 6.62. The molecule has 16 heavy (non-hydrogen) atoms. The lowest BCUT2D eigenvalue weighted by molar-refractivity contribution is -0.120. The van der Waals surface area contributed by atoms with Crippen LogP contribution in [0.15, 0.2) is 0 Å². The number of carbonyl (C=O) groups is 1. The van der Waals surface area contributed by atoms with E-state index in [0.717, 1.165) is 0 Å². The van der Waals surface area contributed by atoms with E-state index in [2.05, 4.69) is 10.1 Å². The largest absolute Gasteiger partial charge is 0.443 e. The van der Waals surface area contributed by atoms with Gasteiger partial charge in [0, 0.05) is 7.47 Å². The van der Waals surface area contributed by atoms with E-state index in [1.165, 1.54) is 0 Å². The van der Waals surface area contributed by atoms with E-state index >= 15 is 0 Å². The summed E-state index contributed by atoms with van der Waals surface area (Å²) in [7, 11) is 0. The molecule has 0 bridgehead atoms. The Balaban J connectivity index is 0. The number of hydrogen-bond acceptors (Lipinski definition) is 3. The number of alkyl carbamates (subject to hydrolysis) is 1. The molecule has 0 saturated heterocycles. The summed E-state index contributed by atoms with van der Waals surface area (Å²) >= 11 is 0. The molecule has 0 aromatic heterocycles. The van der Waals surface area contributed by atoms with Crippen LogP contribution in [-0.4, -0.2) is 37.4 Å². The maximum Gasteiger partial charge on any atom is 0.407 e. The van der Waals surface area contributed by atoms with Crippen molar-refractivity contribution in [2.24, 2.45) is 0 Å². The van der Waals surface area contributed by atoms with E-state index in [9.17, 15) is 13.6 Å². The lowest BCUT2D eigenvalue weighted by atomic mass is 10.4. The summed E-state index contributed by atoms with van der Waals surface area (Å²) in [4.78, 5) is 10.9. The van der Waals surface area contributed by atoms with E-state index in [1.54, 1.807) is 27.7 Å². The lowest BCUT2D eigenvalue weighted by Gasteiger charge is -2.18. The summed E-state index contributed by atoms with van der Waals surface area (Å²) in [6, 6.07) is -0.145. The van der Waals surface area contributed by atoms with Gasteiger partial charge >= 0.3 is 12.0 Å². The van der Waals surface area contributed by atoms with E-state index in [1.807, 2.05) is 0 Å². The molecule has 0 fully saturated rings. The number of hydrogen-bond donors (Lipinski definition) is 1. The Kier molecular flexibility index (Phi) is 6.25. The molecule has 1 N–H and O–H groups in total. The molecular weight excluding hydrogens is 220 g/mol. The van der Waals surface area contributed by atoms with Crippen LogP contribution in [0.4, 0.5) is 13.6 Å². The van der Waals surface area contributed by atoms with Gasteiger partial charge in [-0.25, -0.2) is 13.6 Å². The number of nitrogens with one attached hydrogen (secondary N) is 1. The molecule has 6 heteroatoms. The minimum atomic E-state index is -3.15. The molecule has 1 amide bonds. The van der Waals surface area contributed by atoms with Crippen molar-refractivity contribution in [1.82, 2.24) is 5.32 Å². The zero-order valence-electron chi connectivity index (χ0n) is 10.0. The quantitative estimate of drug-likeness (QED) is 0.777. The van der Waals surface area contributed by atoms with Gasteiger partial charge in [0.2, 0.25) is 0 Å². The minimum Gasteiger partial charge on any atom is -0.443 e. The zero-order chi connectivity index (χ0) is 12.8. The number of rotatable bonds is 6. The molecule has 0 atom stereocenters. The number of alkyl halides is 2. The van der Waals surface area contributed by atoms with Crippen molar-refractivity contribution in [3.8, 4) is 0 Å². The Morgan fingerprint density at radius 3 is 2.31 bits per heavy atom.